The standard InChI is InChI=1S/C24H30Cl2N2O4/c1-15(2)9-17(11-20(29)14-32-23-8-7-18(25)12-21(23)26)24(31)28-19(13-27)10-16-5-3-4-6-22(16)30/h7-8,12,15-17,19H,3-6,9-11,14H2,1-2H3,(H,28,31)/t16-,17+,19-/m0/s1. The Balaban J connectivity index is 1.94. The van der Waals surface area contributed by atoms with E-state index < -0.39 is 12.0 Å². The molecule has 1 saturated carbocycles. The largest absolute Gasteiger partial charge is 0.484 e. The Bertz CT molecular complexity index is 866. The highest BCUT2D eigenvalue weighted by Gasteiger charge is 2.29. The number of amides is 1. The van der Waals surface area contributed by atoms with E-state index >= 15 is 0 Å². The Labute approximate surface area is 199 Å². The maximum absolute atomic E-state index is 12.9. The quantitative estimate of drug-likeness (QED) is 0.472. The predicted octanol–water partition coefficient (Wildman–Crippen LogP) is 5.15. The van der Waals surface area contributed by atoms with Crippen LogP contribution in [0.2, 0.25) is 10.0 Å². The van der Waals surface area contributed by atoms with Crippen molar-refractivity contribution in [1.29, 1.82) is 5.26 Å². The van der Waals surface area contributed by atoms with Gasteiger partial charge in [-0.2, -0.15) is 5.26 Å². The molecule has 0 aliphatic heterocycles. The molecule has 0 unspecified atom stereocenters. The second-order valence-electron chi connectivity index (χ2n) is 8.77. The Morgan fingerprint density at radius 2 is 2.03 bits per heavy atom. The number of hydrogen-bond donors (Lipinski definition) is 1. The van der Waals surface area contributed by atoms with Crippen LogP contribution in [0.3, 0.4) is 0 Å². The van der Waals surface area contributed by atoms with Crippen LogP contribution in [0.1, 0.15) is 58.8 Å². The zero-order chi connectivity index (χ0) is 23.7. The summed E-state index contributed by atoms with van der Waals surface area (Å²) in [4.78, 5) is 37.5. The van der Waals surface area contributed by atoms with Crippen LogP contribution in [0.25, 0.3) is 0 Å². The van der Waals surface area contributed by atoms with Crippen LogP contribution >= 0.6 is 23.2 Å². The molecule has 0 radical (unpaired) electrons. The summed E-state index contributed by atoms with van der Waals surface area (Å²) in [5, 5.41) is 13.0. The number of halogens is 2. The zero-order valence-electron chi connectivity index (χ0n) is 18.5. The average molecular weight is 481 g/mol. The van der Waals surface area contributed by atoms with E-state index in [2.05, 4.69) is 11.4 Å². The molecule has 174 valence electrons. The number of Topliss-reactive ketones (excluding diaryl/α,β-unsaturated/α-hetero) is 2. The van der Waals surface area contributed by atoms with Crippen LogP contribution in [-0.2, 0) is 14.4 Å². The van der Waals surface area contributed by atoms with E-state index in [1.54, 1.807) is 12.1 Å². The van der Waals surface area contributed by atoms with E-state index in [4.69, 9.17) is 27.9 Å². The van der Waals surface area contributed by atoms with Gasteiger partial charge in [-0.25, -0.2) is 0 Å². The average Bonchev–Trinajstić information content (AvgIpc) is 2.73. The van der Waals surface area contributed by atoms with Gasteiger partial charge in [0, 0.05) is 29.7 Å². The van der Waals surface area contributed by atoms with Crippen LogP contribution in [0.5, 0.6) is 5.75 Å². The SMILES string of the molecule is CC(C)C[C@H](CC(=O)COc1ccc(Cl)cc1Cl)C(=O)N[C@H](C#N)C[C@@H]1CCCCC1=O. The molecule has 1 fully saturated rings. The highest BCUT2D eigenvalue weighted by molar-refractivity contribution is 6.35. The number of nitrogens with one attached hydrogen (secondary N) is 1. The van der Waals surface area contributed by atoms with Gasteiger partial charge < -0.3 is 10.1 Å². The van der Waals surface area contributed by atoms with Gasteiger partial charge in [0.15, 0.2) is 5.78 Å². The molecule has 1 amide bonds. The number of nitriles is 1. The van der Waals surface area contributed by atoms with E-state index in [-0.39, 0.29) is 42.3 Å². The molecule has 6 nitrogen and oxygen atoms in total. The fourth-order valence-electron chi connectivity index (χ4n) is 3.96. The lowest BCUT2D eigenvalue weighted by Gasteiger charge is -2.24. The van der Waals surface area contributed by atoms with Crippen LogP contribution in [0.4, 0.5) is 0 Å². The number of benzene rings is 1. The minimum Gasteiger partial charge on any atom is -0.484 e. The first-order valence-electron chi connectivity index (χ1n) is 11.0. The molecule has 0 bridgehead atoms. The molecule has 1 N–H and O–H groups in total. The van der Waals surface area contributed by atoms with Gasteiger partial charge in [0.1, 0.15) is 24.2 Å². The molecule has 0 heterocycles. The molecular formula is C24H30Cl2N2O4. The topological polar surface area (TPSA) is 96.3 Å². The molecule has 1 aromatic rings. The van der Waals surface area contributed by atoms with Gasteiger partial charge in [-0.05, 0) is 49.8 Å². The van der Waals surface area contributed by atoms with Crippen molar-refractivity contribution < 1.29 is 19.1 Å². The normalized spacial score (nSPS) is 18.0. The summed E-state index contributed by atoms with van der Waals surface area (Å²) in [5.74, 6) is -0.653. The van der Waals surface area contributed by atoms with Crippen LogP contribution in [0.15, 0.2) is 18.2 Å². The summed E-state index contributed by atoms with van der Waals surface area (Å²) in [6.45, 7) is 3.72. The molecule has 8 heteroatoms. The molecule has 2 rings (SSSR count). The Morgan fingerprint density at radius 3 is 2.66 bits per heavy atom. The molecule has 32 heavy (non-hydrogen) atoms. The molecule has 1 aliphatic rings. The van der Waals surface area contributed by atoms with Crippen molar-refractivity contribution in [3.8, 4) is 11.8 Å². The lowest BCUT2D eigenvalue weighted by atomic mass is 9.83. The van der Waals surface area contributed by atoms with E-state index in [1.165, 1.54) is 6.07 Å². The third-order valence-electron chi connectivity index (χ3n) is 5.56. The number of hydrogen-bond acceptors (Lipinski definition) is 5. The first-order valence-corrected chi connectivity index (χ1v) is 11.8. The summed E-state index contributed by atoms with van der Waals surface area (Å²) >= 11 is 11.9. The summed E-state index contributed by atoms with van der Waals surface area (Å²) < 4.78 is 5.49. The van der Waals surface area contributed by atoms with Crippen molar-refractivity contribution in [2.24, 2.45) is 17.8 Å². The smallest absolute Gasteiger partial charge is 0.224 e. The third kappa shape index (κ3) is 8.44. The van der Waals surface area contributed by atoms with Crippen LogP contribution in [-0.4, -0.2) is 30.1 Å². The number of nitrogens with zero attached hydrogens (tertiary/aromatic N) is 1. The first-order chi connectivity index (χ1) is 15.2. The molecule has 0 aromatic heterocycles. The van der Waals surface area contributed by atoms with Gasteiger partial charge in [-0.1, -0.05) is 43.5 Å². The fourth-order valence-corrected chi connectivity index (χ4v) is 4.42. The number of ketones is 2. The predicted molar refractivity (Wildman–Crippen MR) is 124 cm³/mol. The van der Waals surface area contributed by atoms with E-state index in [0.717, 1.165) is 19.3 Å². The third-order valence-corrected chi connectivity index (χ3v) is 6.09. The number of carbonyl (C=O) groups excluding carboxylic acids is 3. The Morgan fingerprint density at radius 1 is 1.28 bits per heavy atom. The summed E-state index contributed by atoms with van der Waals surface area (Å²) in [6.07, 6.45) is 3.97. The van der Waals surface area contributed by atoms with Gasteiger partial charge in [0.05, 0.1) is 11.1 Å². The van der Waals surface area contributed by atoms with Gasteiger partial charge in [-0.15, -0.1) is 0 Å². The molecule has 0 saturated heterocycles. The highest BCUT2D eigenvalue weighted by Crippen LogP contribution is 2.28. The summed E-state index contributed by atoms with van der Waals surface area (Å²) in [6, 6.07) is 6.07. The fraction of sp³-hybridized carbons (Fsp3) is 0.583. The van der Waals surface area contributed by atoms with Crippen LogP contribution in [0, 0.1) is 29.1 Å². The summed E-state index contributed by atoms with van der Waals surface area (Å²) in [7, 11) is 0. The molecule has 1 aromatic carbocycles. The zero-order valence-corrected chi connectivity index (χ0v) is 20.0. The minimum absolute atomic E-state index is 0.00424. The van der Waals surface area contributed by atoms with Gasteiger partial charge in [0.25, 0.3) is 0 Å². The molecule has 1 aliphatic carbocycles. The van der Waals surface area contributed by atoms with E-state index in [1.807, 2.05) is 13.8 Å². The first kappa shape index (κ1) is 26.2. The van der Waals surface area contributed by atoms with Gasteiger partial charge in [0.2, 0.25) is 5.91 Å². The van der Waals surface area contributed by atoms with Crippen molar-refractivity contribution in [2.75, 3.05) is 6.61 Å². The second kappa shape index (κ2) is 12.8. The van der Waals surface area contributed by atoms with Crippen molar-refractivity contribution in [1.82, 2.24) is 5.32 Å². The number of ether oxygens (including phenoxy) is 1. The number of carbonyl (C=O) groups is 3. The molecule has 0 spiro atoms. The van der Waals surface area contributed by atoms with Crippen molar-refractivity contribution in [3.63, 3.8) is 0 Å². The minimum atomic E-state index is -0.747. The van der Waals surface area contributed by atoms with Crippen molar-refractivity contribution in [3.05, 3.63) is 28.2 Å². The van der Waals surface area contributed by atoms with Gasteiger partial charge >= 0.3 is 0 Å². The van der Waals surface area contributed by atoms with Crippen LogP contribution < -0.4 is 10.1 Å². The number of rotatable bonds is 11. The van der Waals surface area contributed by atoms with Gasteiger partial charge in [-0.3, -0.25) is 14.4 Å². The second-order valence-corrected chi connectivity index (χ2v) is 9.61. The lowest BCUT2D eigenvalue weighted by molar-refractivity contribution is -0.131. The van der Waals surface area contributed by atoms with Crippen molar-refractivity contribution in [2.45, 2.75) is 64.8 Å². The highest BCUT2D eigenvalue weighted by atomic mass is 35.5. The van der Waals surface area contributed by atoms with Crippen molar-refractivity contribution >= 4 is 40.7 Å². The maximum atomic E-state index is 12.9. The van der Waals surface area contributed by atoms with E-state index in [0.29, 0.717) is 35.1 Å². The summed E-state index contributed by atoms with van der Waals surface area (Å²) in [5.41, 5.74) is 0. The maximum Gasteiger partial charge on any atom is 0.224 e. The molecule has 3 atom stereocenters. The molecular weight excluding hydrogens is 451 g/mol. The lowest BCUT2D eigenvalue weighted by Crippen LogP contribution is -2.41. The van der Waals surface area contributed by atoms with E-state index in [9.17, 15) is 19.6 Å². The Kier molecular flexibility index (Phi) is 10.5. The Hall–Kier alpha value is -2.10. The monoisotopic (exact) mass is 480 g/mol.